The zero-order chi connectivity index (χ0) is 27.1. The van der Waals surface area contributed by atoms with Crippen molar-refractivity contribution < 1.29 is 33.9 Å². The number of esters is 1. The van der Waals surface area contributed by atoms with Gasteiger partial charge in [0.15, 0.2) is 10.8 Å². The molecule has 3 heterocycles. The summed E-state index contributed by atoms with van der Waals surface area (Å²) in [5, 5.41) is 16.0. The van der Waals surface area contributed by atoms with Gasteiger partial charge in [0.05, 0.1) is 0 Å². The number of nitrogens with two attached hydrogens (primary N) is 1. The van der Waals surface area contributed by atoms with Crippen LogP contribution in [0, 0.1) is 0 Å². The fourth-order valence-electron chi connectivity index (χ4n) is 3.63. The molecular formula is C22H29ClN6O7S2. The molecule has 0 aromatic carbocycles. The predicted molar refractivity (Wildman–Crippen MR) is 145 cm³/mol. The minimum absolute atomic E-state index is 0. The number of oxime groups is 1. The Hall–Kier alpha value is -3.14. The quantitative estimate of drug-likeness (QED) is 0.128. The van der Waals surface area contributed by atoms with Gasteiger partial charge >= 0.3 is 11.9 Å². The van der Waals surface area contributed by atoms with Crippen LogP contribution in [0.15, 0.2) is 34.5 Å². The maximum atomic E-state index is 13.1. The third-order valence-electron chi connectivity index (χ3n) is 5.58. The minimum atomic E-state index is -1.29. The first-order valence-electron chi connectivity index (χ1n) is 11.3. The Morgan fingerprint density at radius 2 is 2.11 bits per heavy atom. The number of nitrogen functional groups attached to an aromatic ring is 1. The van der Waals surface area contributed by atoms with Gasteiger partial charge in [0.1, 0.15) is 29.4 Å². The van der Waals surface area contributed by atoms with E-state index in [1.807, 2.05) is 13.8 Å². The van der Waals surface area contributed by atoms with Crippen molar-refractivity contribution in [1.82, 2.24) is 20.1 Å². The summed E-state index contributed by atoms with van der Waals surface area (Å²) >= 11 is 2.40. The molecule has 3 rings (SSSR count). The van der Waals surface area contributed by atoms with Crippen LogP contribution in [0.5, 0.6) is 0 Å². The molecule has 2 amide bonds. The number of rotatable bonds is 13. The number of thioether (sulfide) groups is 1. The van der Waals surface area contributed by atoms with Gasteiger partial charge in [0.2, 0.25) is 6.61 Å². The summed E-state index contributed by atoms with van der Waals surface area (Å²) in [6.45, 7) is 9.36. The predicted octanol–water partition coefficient (Wildman–Crippen LogP) is 0.677. The Morgan fingerprint density at radius 3 is 2.68 bits per heavy atom. The molecule has 0 aliphatic carbocycles. The number of β-lactam (4-membered cyclic amide) rings is 1. The maximum absolute atomic E-state index is 13.1. The van der Waals surface area contributed by atoms with Gasteiger partial charge in [0.25, 0.3) is 11.8 Å². The highest BCUT2D eigenvalue weighted by Gasteiger charge is 2.54. The Balaban J connectivity index is 0.00000507. The van der Waals surface area contributed by atoms with E-state index in [9.17, 15) is 19.2 Å². The van der Waals surface area contributed by atoms with Crippen molar-refractivity contribution in [2.24, 2.45) is 5.16 Å². The number of fused-ring (bicyclic) bond motifs is 1. The summed E-state index contributed by atoms with van der Waals surface area (Å²) in [6.07, 6.45) is 1.51. The number of aliphatic carboxylic acids is 1. The number of hydrogen-bond acceptors (Lipinski definition) is 12. The molecule has 0 spiro atoms. The van der Waals surface area contributed by atoms with Crippen LogP contribution in [-0.4, -0.2) is 99.4 Å². The summed E-state index contributed by atoms with van der Waals surface area (Å²) in [5.74, 6) is -2.85. The fourth-order valence-corrected chi connectivity index (χ4v) is 5.51. The first-order valence-corrected chi connectivity index (χ1v) is 13.3. The molecule has 2 atom stereocenters. The number of anilines is 1. The molecule has 1 aromatic heterocycles. The van der Waals surface area contributed by atoms with Gasteiger partial charge in [-0.2, -0.15) is 0 Å². The Bertz CT molecular complexity index is 1140. The van der Waals surface area contributed by atoms with Gasteiger partial charge in [-0.3, -0.25) is 14.5 Å². The minimum Gasteiger partial charge on any atom is -0.479 e. The van der Waals surface area contributed by atoms with E-state index in [2.05, 4.69) is 26.9 Å². The van der Waals surface area contributed by atoms with Gasteiger partial charge in [0, 0.05) is 17.7 Å². The van der Waals surface area contributed by atoms with Crippen LogP contribution in [0.3, 0.4) is 0 Å². The molecule has 0 bridgehead atoms. The van der Waals surface area contributed by atoms with E-state index in [0.717, 1.165) is 24.4 Å². The number of thiazole rings is 1. The molecular weight excluding hydrogens is 560 g/mol. The molecule has 1 aromatic rings. The number of carbonyl (C=O) groups is 4. The number of carbonyl (C=O) groups excluding carboxylic acids is 3. The number of nitrogens with one attached hydrogen (secondary N) is 1. The number of likely N-dealkylation sites (N-methyl/N-ethyl adjacent to an activating group) is 1. The second kappa shape index (κ2) is 14.1. The maximum Gasteiger partial charge on any atom is 0.355 e. The monoisotopic (exact) mass is 588 g/mol. The number of ether oxygens (including phenoxy) is 1. The van der Waals surface area contributed by atoms with Crippen molar-refractivity contribution in [3.63, 3.8) is 0 Å². The van der Waals surface area contributed by atoms with E-state index < -0.39 is 41.8 Å². The van der Waals surface area contributed by atoms with Crippen LogP contribution in [0.2, 0.25) is 0 Å². The van der Waals surface area contributed by atoms with Gasteiger partial charge in [-0.25, -0.2) is 14.6 Å². The van der Waals surface area contributed by atoms with E-state index >= 15 is 0 Å². The number of hydrogen-bond donors (Lipinski definition) is 3. The number of nitrogens with zero attached hydrogens (tertiary/aromatic N) is 4. The van der Waals surface area contributed by atoms with Crippen molar-refractivity contribution in [2.45, 2.75) is 25.3 Å². The number of aromatic nitrogens is 1. The lowest BCUT2D eigenvalue weighted by Crippen LogP contribution is -2.71. The van der Waals surface area contributed by atoms with E-state index in [1.165, 1.54) is 28.1 Å². The second-order valence-corrected chi connectivity index (χ2v) is 9.77. The fraction of sp³-hybridized carbons (Fsp3) is 0.455. The smallest absolute Gasteiger partial charge is 0.355 e. The number of halogens is 1. The topological polar surface area (TPSA) is 177 Å². The summed E-state index contributed by atoms with van der Waals surface area (Å²) in [6, 6.07) is -0.969. The van der Waals surface area contributed by atoms with Crippen LogP contribution in [0.25, 0.3) is 0 Å². The van der Waals surface area contributed by atoms with Crippen LogP contribution < -0.4 is 11.1 Å². The summed E-state index contributed by atoms with van der Waals surface area (Å²) in [4.78, 5) is 61.9. The zero-order valence-corrected chi connectivity index (χ0v) is 23.2. The van der Waals surface area contributed by atoms with Gasteiger partial charge < -0.3 is 30.6 Å². The Kier molecular flexibility index (Phi) is 11.6. The van der Waals surface area contributed by atoms with Crippen molar-refractivity contribution in [3.8, 4) is 0 Å². The lowest BCUT2D eigenvalue weighted by molar-refractivity contribution is -0.152. The molecule has 2 aliphatic rings. The summed E-state index contributed by atoms with van der Waals surface area (Å²) < 4.78 is 5.45. The lowest BCUT2D eigenvalue weighted by atomic mass is 10.0. The first kappa shape index (κ1) is 31.1. The molecule has 16 heteroatoms. The summed E-state index contributed by atoms with van der Waals surface area (Å²) in [7, 11) is 0. The van der Waals surface area contributed by atoms with Crippen LogP contribution in [0.1, 0.15) is 19.5 Å². The van der Waals surface area contributed by atoms with Crippen LogP contribution in [-0.2, 0) is 28.8 Å². The third kappa shape index (κ3) is 7.03. The van der Waals surface area contributed by atoms with Crippen molar-refractivity contribution in [2.75, 3.05) is 44.3 Å². The van der Waals surface area contributed by atoms with E-state index in [1.54, 1.807) is 0 Å². The van der Waals surface area contributed by atoms with Crippen LogP contribution in [0.4, 0.5) is 5.13 Å². The second-order valence-electron chi connectivity index (χ2n) is 7.78. The standard InChI is InChI=1S/C22H28N6O7S2.ClH/c1-4-12-10-36-20-16(19(32)28(20)17(12)21(33)34-8-7-27(5-2)6-3)25-18(31)15(26-35-9-14(29)30)13-11-37-22(23)24-13;/h4,11,16,20H,1,5-10H2,2-3H3,(H2,23,24)(H,25,31)(H,29,30);1H/b26-15-;/t16-,20-;/m1./s1. The molecule has 4 N–H and O–H groups in total. The molecule has 38 heavy (non-hydrogen) atoms. The molecule has 0 radical (unpaired) electrons. The van der Waals surface area contributed by atoms with E-state index in [4.69, 9.17) is 20.4 Å². The van der Waals surface area contributed by atoms with E-state index in [0.29, 0.717) is 17.9 Å². The Labute approximate surface area is 233 Å². The number of allylic oxidation sites excluding steroid dienone is 1. The lowest BCUT2D eigenvalue weighted by Gasteiger charge is -2.49. The average molecular weight is 589 g/mol. The largest absolute Gasteiger partial charge is 0.479 e. The van der Waals surface area contributed by atoms with Gasteiger partial charge in [-0.15, -0.1) is 35.5 Å². The average Bonchev–Trinajstić information content (AvgIpc) is 3.31. The number of carboxylic acids is 1. The third-order valence-corrected chi connectivity index (χ3v) is 7.56. The van der Waals surface area contributed by atoms with Crippen LogP contribution >= 0.6 is 35.5 Å². The van der Waals surface area contributed by atoms with E-state index in [-0.39, 0.29) is 41.2 Å². The molecule has 208 valence electrons. The molecule has 1 fully saturated rings. The Morgan fingerprint density at radius 1 is 1.39 bits per heavy atom. The first-order chi connectivity index (χ1) is 17.7. The van der Waals surface area contributed by atoms with Crippen molar-refractivity contribution in [3.05, 3.63) is 35.0 Å². The molecule has 1 saturated heterocycles. The normalized spacial score (nSPS) is 18.8. The highest BCUT2D eigenvalue weighted by Crippen LogP contribution is 2.41. The molecule has 0 saturated carbocycles. The molecule has 0 unspecified atom stereocenters. The highest BCUT2D eigenvalue weighted by molar-refractivity contribution is 8.00. The summed E-state index contributed by atoms with van der Waals surface area (Å²) in [5.41, 5.74) is 6.05. The number of carboxylic acid groups (broad SMARTS) is 1. The highest BCUT2D eigenvalue weighted by atomic mass is 35.5. The zero-order valence-electron chi connectivity index (χ0n) is 20.7. The molecule has 2 aliphatic heterocycles. The van der Waals surface area contributed by atoms with Gasteiger partial charge in [-0.1, -0.05) is 31.7 Å². The molecule has 13 nitrogen and oxygen atoms in total. The van der Waals surface area contributed by atoms with Crippen molar-refractivity contribution in [1.29, 1.82) is 0 Å². The SMILES string of the molecule is C=CC1=C(C(=O)OCCN(CC)CC)N2C(=O)[C@@H](NC(=O)/C(=N\OCC(=O)O)c3csc(N)n3)[C@H]2SC1.Cl. The number of amides is 2. The van der Waals surface area contributed by atoms with Crippen molar-refractivity contribution >= 4 is 70.1 Å². The van der Waals surface area contributed by atoms with Gasteiger partial charge in [-0.05, 0) is 18.7 Å².